The molecule has 0 radical (unpaired) electrons. The third kappa shape index (κ3) is 2.82. The van der Waals surface area contributed by atoms with Crippen LogP contribution in [0, 0.1) is 0 Å². The highest BCUT2D eigenvalue weighted by atomic mass is 35.5. The van der Waals surface area contributed by atoms with Crippen LogP contribution in [-0.4, -0.2) is 20.8 Å². The number of benzene rings is 1. The van der Waals surface area contributed by atoms with E-state index in [4.69, 9.17) is 5.10 Å². The van der Waals surface area contributed by atoms with Crippen LogP contribution in [0.1, 0.15) is 12.6 Å². The molecule has 0 saturated carbocycles. The molecule has 4 nitrogen and oxygen atoms in total. The topological polar surface area (TPSA) is 42.7 Å². The van der Waals surface area contributed by atoms with Crippen molar-refractivity contribution in [1.29, 1.82) is 0 Å². The van der Waals surface area contributed by atoms with E-state index in [-0.39, 0.29) is 12.4 Å². The van der Waals surface area contributed by atoms with Gasteiger partial charge in [-0.15, -0.1) is 23.7 Å². The minimum absolute atomic E-state index is 0. The van der Waals surface area contributed by atoms with E-state index in [0.717, 1.165) is 18.8 Å². The van der Waals surface area contributed by atoms with Crippen LogP contribution in [0.4, 0.5) is 0 Å². The molecule has 6 heteroatoms. The van der Waals surface area contributed by atoms with Crippen LogP contribution in [-0.2, 0) is 13.1 Å². The second-order valence-corrected chi connectivity index (χ2v) is 7.49. The fourth-order valence-corrected chi connectivity index (χ4v) is 4.38. The maximum absolute atomic E-state index is 5.00. The van der Waals surface area contributed by atoms with E-state index in [1.165, 1.54) is 32.5 Å². The standard InChI is InChI=1S/C20H18N4S.ClH/c1-13-12-24-17(11-22-13)19(15-4-7-21-8-5-15)20(23-24)16-3-2-14-6-9-25-18(14)10-16;/h2-10,13,22H,11-12H2,1H3;1H/t13-;/m1./s1. The number of hydrogen-bond acceptors (Lipinski definition) is 4. The normalized spacial score (nSPS) is 16.3. The highest BCUT2D eigenvalue weighted by Crippen LogP contribution is 2.37. The van der Waals surface area contributed by atoms with E-state index in [1.54, 1.807) is 11.3 Å². The van der Waals surface area contributed by atoms with Gasteiger partial charge in [-0.3, -0.25) is 9.67 Å². The molecule has 0 amide bonds. The highest BCUT2D eigenvalue weighted by Gasteiger charge is 2.24. The number of rotatable bonds is 2. The van der Waals surface area contributed by atoms with Crippen molar-refractivity contribution in [3.63, 3.8) is 0 Å². The lowest BCUT2D eigenvalue weighted by atomic mass is 9.98. The first kappa shape index (κ1) is 17.2. The van der Waals surface area contributed by atoms with Gasteiger partial charge in [-0.2, -0.15) is 5.10 Å². The molecule has 0 saturated heterocycles. The summed E-state index contributed by atoms with van der Waals surface area (Å²) in [5.74, 6) is 0. The van der Waals surface area contributed by atoms with Crippen molar-refractivity contribution in [1.82, 2.24) is 20.1 Å². The Morgan fingerprint density at radius 3 is 2.81 bits per heavy atom. The fraction of sp³-hybridized carbons (Fsp3) is 0.200. The molecule has 5 rings (SSSR count). The summed E-state index contributed by atoms with van der Waals surface area (Å²) in [4.78, 5) is 4.17. The van der Waals surface area contributed by atoms with E-state index >= 15 is 0 Å². The average molecular weight is 383 g/mol. The van der Waals surface area contributed by atoms with Crippen molar-refractivity contribution in [2.45, 2.75) is 26.1 Å². The molecule has 1 aliphatic rings. The Kier molecular flexibility index (Phi) is 4.53. The van der Waals surface area contributed by atoms with Gasteiger partial charge in [-0.05, 0) is 47.5 Å². The van der Waals surface area contributed by atoms with Crippen LogP contribution in [0.25, 0.3) is 32.5 Å². The van der Waals surface area contributed by atoms with Crippen LogP contribution in [0.2, 0.25) is 0 Å². The van der Waals surface area contributed by atoms with Crippen molar-refractivity contribution in [2.24, 2.45) is 0 Å². The first-order chi connectivity index (χ1) is 12.3. The minimum Gasteiger partial charge on any atom is -0.307 e. The molecule has 0 bridgehead atoms. The molecular formula is C20H19ClN4S. The van der Waals surface area contributed by atoms with Gasteiger partial charge in [0.2, 0.25) is 0 Å². The third-order valence-corrected chi connectivity index (χ3v) is 5.70. The number of hydrogen-bond donors (Lipinski definition) is 1. The smallest absolute Gasteiger partial charge is 0.101 e. The van der Waals surface area contributed by atoms with Crippen molar-refractivity contribution >= 4 is 33.8 Å². The minimum atomic E-state index is 0. The fourth-order valence-electron chi connectivity index (χ4n) is 3.55. The Balaban J connectivity index is 0.00000168. The largest absolute Gasteiger partial charge is 0.307 e. The first-order valence-electron chi connectivity index (χ1n) is 8.51. The number of nitrogens with one attached hydrogen (secondary N) is 1. The van der Waals surface area contributed by atoms with Crippen molar-refractivity contribution in [3.8, 4) is 22.4 Å². The van der Waals surface area contributed by atoms with Gasteiger partial charge in [-0.25, -0.2) is 0 Å². The molecule has 1 aliphatic heterocycles. The van der Waals surface area contributed by atoms with Gasteiger partial charge in [0.15, 0.2) is 0 Å². The average Bonchev–Trinajstić information content (AvgIpc) is 3.25. The zero-order valence-corrected chi connectivity index (χ0v) is 16.0. The van der Waals surface area contributed by atoms with Crippen molar-refractivity contribution in [3.05, 3.63) is 59.9 Å². The molecule has 0 fully saturated rings. The molecule has 4 heterocycles. The monoisotopic (exact) mass is 382 g/mol. The van der Waals surface area contributed by atoms with Gasteiger partial charge in [-0.1, -0.05) is 12.1 Å². The maximum Gasteiger partial charge on any atom is 0.101 e. The molecule has 0 unspecified atom stereocenters. The van der Waals surface area contributed by atoms with E-state index in [2.05, 4.69) is 63.7 Å². The quantitative estimate of drug-likeness (QED) is 0.544. The number of nitrogens with zero attached hydrogens (tertiary/aromatic N) is 3. The lowest BCUT2D eigenvalue weighted by molar-refractivity contribution is 0.390. The van der Waals surface area contributed by atoms with Gasteiger partial charge < -0.3 is 5.32 Å². The lowest BCUT2D eigenvalue weighted by Crippen LogP contribution is -2.36. The summed E-state index contributed by atoms with van der Waals surface area (Å²) in [6, 6.07) is 13.4. The highest BCUT2D eigenvalue weighted by molar-refractivity contribution is 7.17. The van der Waals surface area contributed by atoms with Crippen LogP contribution in [0.3, 0.4) is 0 Å². The van der Waals surface area contributed by atoms with E-state index in [0.29, 0.717) is 6.04 Å². The van der Waals surface area contributed by atoms with Gasteiger partial charge in [0.1, 0.15) is 5.69 Å². The predicted molar refractivity (Wildman–Crippen MR) is 110 cm³/mol. The van der Waals surface area contributed by atoms with Crippen molar-refractivity contribution < 1.29 is 0 Å². The maximum atomic E-state index is 5.00. The number of halogens is 1. The lowest BCUT2D eigenvalue weighted by Gasteiger charge is -2.22. The number of aromatic nitrogens is 3. The Bertz CT molecular complexity index is 1050. The summed E-state index contributed by atoms with van der Waals surface area (Å²) in [5.41, 5.74) is 5.89. The number of thiophene rings is 1. The third-order valence-electron chi connectivity index (χ3n) is 4.82. The second kappa shape index (κ2) is 6.83. The first-order valence-corrected chi connectivity index (χ1v) is 9.38. The molecule has 1 N–H and O–H groups in total. The molecule has 26 heavy (non-hydrogen) atoms. The molecule has 0 spiro atoms. The molecular weight excluding hydrogens is 364 g/mol. The van der Waals surface area contributed by atoms with Crippen LogP contribution >= 0.6 is 23.7 Å². The summed E-state index contributed by atoms with van der Waals surface area (Å²) in [5, 5.41) is 12.0. The summed E-state index contributed by atoms with van der Waals surface area (Å²) >= 11 is 1.78. The van der Waals surface area contributed by atoms with Crippen LogP contribution < -0.4 is 5.32 Å². The number of pyridine rings is 1. The molecule has 1 aromatic carbocycles. The van der Waals surface area contributed by atoms with Gasteiger partial charge >= 0.3 is 0 Å². The molecule has 4 aromatic rings. The molecule has 1 atom stereocenters. The van der Waals surface area contributed by atoms with E-state index in [1.807, 2.05) is 12.4 Å². The zero-order valence-electron chi connectivity index (χ0n) is 14.3. The van der Waals surface area contributed by atoms with Gasteiger partial charge in [0.25, 0.3) is 0 Å². The Morgan fingerprint density at radius 2 is 1.96 bits per heavy atom. The molecule has 132 valence electrons. The van der Waals surface area contributed by atoms with Crippen molar-refractivity contribution in [2.75, 3.05) is 0 Å². The van der Waals surface area contributed by atoms with Gasteiger partial charge in [0.05, 0.1) is 12.2 Å². The summed E-state index contributed by atoms with van der Waals surface area (Å²) in [7, 11) is 0. The summed E-state index contributed by atoms with van der Waals surface area (Å²) in [6.07, 6.45) is 3.70. The van der Waals surface area contributed by atoms with Crippen LogP contribution in [0.15, 0.2) is 54.2 Å². The van der Waals surface area contributed by atoms with E-state index < -0.39 is 0 Å². The molecule has 3 aromatic heterocycles. The summed E-state index contributed by atoms with van der Waals surface area (Å²) in [6.45, 7) is 3.94. The Hall–Kier alpha value is -2.21. The predicted octanol–water partition coefficient (Wildman–Crippen LogP) is 4.74. The SMILES string of the molecule is C[C@@H]1Cn2nc(-c3ccc4ccsc4c3)c(-c3ccncc3)c2CN1.Cl. The summed E-state index contributed by atoms with van der Waals surface area (Å²) < 4.78 is 3.47. The van der Waals surface area contributed by atoms with Crippen LogP contribution in [0.5, 0.6) is 0 Å². The zero-order chi connectivity index (χ0) is 16.8. The van der Waals surface area contributed by atoms with E-state index in [9.17, 15) is 0 Å². The van der Waals surface area contributed by atoms with Gasteiger partial charge in [0, 0.05) is 40.8 Å². The molecule has 0 aliphatic carbocycles. The second-order valence-electron chi connectivity index (χ2n) is 6.54. The Labute approximate surface area is 162 Å². The Morgan fingerprint density at radius 1 is 1.12 bits per heavy atom. The number of fused-ring (bicyclic) bond motifs is 2.